The van der Waals surface area contributed by atoms with E-state index < -0.39 is 76.4 Å². The maximum Gasteiger partial charge on any atom is 0.519 e. The number of pyridine rings is 2. The highest BCUT2D eigenvalue weighted by Gasteiger charge is 2.36. The van der Waals surface area contributed by atoms with E-state index >= 15 is 0 Å². The highest BCUT2D eigenvalue weighted by Crippen LogP contribution is 2.38. The van der Waals surface area contributed by atoms with Crippen molar-refractivity contribution in [2.45, 2.75) is 167 Å². The van der Waals surface area contributed by atoms with Crippen LogP contribution in [0.25, 0.3) is 0 Å². The van der Waals surface area contributed by atoms with Crippen LogP contribution in [0, 0.1) is 46.3 Å². The lowest BCUT2D eigenvalue weighted by molar-refractivity contribution is -0.126. The Morgan fingerprint density at radius 1 is 0.635 bits per heavy atom. The molecule has 5 amide bonds. The summed E-state index contributed by atoms with van der Waals surface area (Å²) in [6.07, 6.45) is 6.94. The number of anilines is 2. The lowest BCUT2D eigenvalue weighted by Crippen LogP contribution is -2.43. The Bertz CT molecular complexity index is 2530. The van der Waals surface area contributed by atoms with Crippen molar-refractivity contribution in [1.82, 2.24) is 30.4 Å². The zero-order valence-corrected chi connectivity index (χ0v) is 43.7. The molecule has 2 saturated heterocycles. The molecular formula is C51H72N10O13. The number of nitrogens with zero attached hydrogens (tertiary/aromatic N) is 4. The molecule has 2 aliphatic carbocycles. The fourth-order valence-corrected chi connectivity index (χ4v) is 7.81. The van der Waals surface area contributed by atoms with Crippen molar-refractivity contribution in [3.05, 3.63) is 57.4 Å². The predicted molar refractivity (Wildman–Crippen MR) is 269 cm³/mol. The van der Waals surface area contributed by atoms with Gasteiger partial charge in [0.15, 0.2) is 0 Å². The molecule has 0 aromatic carbocycles. The number of nitriles is 2. The Kier molecular flexibility index (Phi) is 20.8. The minimum absolute atomic E-state index is 0.000179. The van der Waals surface area contributed by atoms with Gasteiger partial charge >= 0.3 is 18.4 Å². The van der Waals surface area contributed by atoms with Crippen molar-refractivity contribution in [3.63, 3.8) is 0 Å². The summed E-state index contributed by atoms with van der Waals surface area (Å²) in [6.45, 7) is 16.3. The first-order chi connectivity index (χ1) is 34.6. The van der Waals surface area contributed by atoms with E-state index in [0.717, 1.165) is 25.7 Å². The zero-order valence-electron chi connectivity index (χ0n) is 43.7. The maximum absolute atomic E-state index is 13.2. The minimum Gasteiger partial charge on any atom is -0.444 e. The molecular weight excluding hydrogens is 961 g/mol. The van der Waals surface area contributed by atoms with Gasteiger partial charge in [-0.25, -0.2) is 14.4 Å². The van der Waals surface area contributed by atoms with Crippen LogP contribution in [0.3, 0.4) is 0 Å². The topological polar surface area (TPSA) is 334 Å². The van der Waals surface area contributed by atoms with Crippen LogP contribution < -0.4 is 43.4 Å². The molecule has 4 fully saturated rings. The third-order valence-corrected chi connectivity index (χ3v) is 11.7. The average molecular weight is 1030 g/mol. The van der Waals surface area contributed by atoms with Crippen molar-refractivity contribution < 1.29 is 52.5 Å². The Labute approximate surface area is 430 Å². The smallest absolute Gasteiger partial charge is 0.444 e. The molecule has 0 spiro atoms. The highest BCUT2D eigenvalue weighted by atomic mass is 16.8. The minimum atomic E-state index is -1.06. The van der Waals surface area contributed by atoms with Crippen molar-refractivity contribution in [3.8, 4) is 12.1 Å². The van der Waals surface area contributed by atoms with Crippen LogP contribution in [0.15, 0.2) is 46.2 Å². The number of carbonyl (C=O) groups is 7. The van der Waals surface area contributed by atoms with Gasteiger partial charge in [-0.2, -0.15) is 10.5 Å². The maximum atomic E-state index is 13.2. The molecule has 7 N–H and O–H groups in total. The molecule has 2 saturated carbocycles. The summed E-state index contributed by atoms with van der Waals surface area (Å²) in [5.41, 5.74) is 2.72. The van der Waals surface area contributed by atoms with Crippen LogP contribution in [-0.4, -0.2) is 93.1 Å². The molecule has 1 unspecified atom stereocenters. The van der Waals surface area contributed by atoms with Crippen molar-refractivity contribution in [1.29, 1.82) is 10.5 Å². The molecule has 2 aliphatic heterocycles. The molecule has 0 bridgehead atoms. The second kappa shape index (κ2) is 26.0. The van der Waals surface area contributed by atoms with E-state index in [4.69, 9.17) is 19.9 Å². The molecule has 23 nitrogen and oxygen atoms in total. The zero-order chi connectivity index (χ0) is 55.1. The number of nitrogen functional groups attached to an aromatic ring is 1. The number of hydrogen-bond acceptors (Lipinski definition) is 16. The van der Waals surface area contributed by atoms with Crippen molar-refractivity contribution in [2.75, 3.05) is 24.1 Å². The first kappa shape index (κ1) is 59.1. The summed E-state index contributed by atoms with van der Waals surface area (Å²) in [6, 6.07) is 7.13. The lowest BCUT2D eigenvalue weighted by Gasteiger charge is -2.23. The highest BCUT2D eigenvalue weighted by molar-refractivity contribution is 5.85. The van der Waals surface area contributed by atoms with Crippen molar-refractivity contribution >= 4 is 53.4 Å². The third kappa shape index (κ3) is 20.2. The number of rotatable bonds is 15. The van der Waals surface area contributed by atoms with Crippen LogP contribution in [-0.2, 0) is 38.1 Å². The van der Waals surface area contributed by atoms with Crippen LogP contribution in [0.5, 0.6) is 0 Å². The number of ether oxygens (including phenoxy) is 4. The molecule has 2 aromatic heterocycles. The predicted octanol–water partition coefficient (Wildman–Crippen LogP) is 5.25. The van der Waals surface area contributed by atoms with E-state index in [2.05, 4.69) is 43.5 Å². The molecule has 6 atom stereocenters. The average Bonchev–Trinajstić information content (AvgIpc) is 4.21. The fraction of sp³-hybridized carbons (Fsp3) is 0.627. The molecule has 404 valence electrons. The summed E-state index contributed by atoms with van der Waals surface area (Å²) in [5.74, 6) is -0.899. The van der Waals surface area contributed by atoms with Crippen LogP contribution in [0.1, 0.15) is 139 Å². The number of hydrogen-bond donors (Lipinski definition) is 6. The number of aromatic nitrogens is 2. The fourth-order valence-electron chi connectivity index (χ4n) is 7.81. The third-order valence-electron chi connectivity index (χ3n) is 11.7. The molecule has 74 heavy (non-hydrogen) atoms. The van der Waals surface area contributed by atoms with Gasteiger partial charge in [0.1, 0.15) is 46.7 Å². The SMILES string of the molecule is CC(C)(C)OC(=O)Nc1cccn([C@@H](CC2CC2)C(=O)N[C@H](C#N)C[C@@H]2CCNC2=O)c1=O.CC(C)(C)OC(=O)OC(=O)OC(C)(C)C.N#C[C@H](C[C@@H]1CCNC1=O)NC(=O)C(CC1CC1)n1cccc(N)c1=O. The van der Waals surface area contributed by atoms with Crippen LogP contribution >= 0.6 is 0 Å². The monoisotopic (exact) mass is 1030 g/mol. The van der Waals surface area contributed by atoms with Gasteiger partial charge in [-0.3, -0.25) is 34.1 Å². The molecule has 4 heterocycles. The van der Waals surface area contributed by atoms with E-state index in [1.807, 2.05) is 0 Å². The summed E-state index contributed by atoms with van der Waals surface area (Å²) in [4.78, 5) is 109. The molecule has 2 aromatic rings. The van der Waals surface area contributed by atoms with E-state index in [0.29, 0.717) is 50.6 Å². The van der Waals surface area contributed by atoms with Gasteiger partial charge < -0.3 is 55.1 Å². The Balaban J connectivity index is 0.000000258. The molecule has 23 heteroatoms. The van der Waals surface area contributed by atoms with Gasteiger partial charge in [0, 0.05) is 37.3 Å². The number of nitrogens with one attached hydrogen (secondary N) is 5. The van der Waals surface area contributed by atoms with E-state index in [9.17, 15) is 53.7 Å². The second-order valence-electron chi connectivity index (χ2n) is 21.8. The summed E-state index contributed by atoms with van der Waals surface area (Å²) in [5, 5.41) is 32.2. The van der Waals surface area contributed by atoms with E-state index in [1.54, 1.807) is 80.6 Å². The molecule has 0 radical (unpaired) electrons. The van der Waals surface area contributed by atoms with Crippen molar-refractivity contribution in [2.24, 2.45) is 23.7 Å². The second-order valence-corrected chi connectivity index (χ2v) is 21.8. The Hall–Kier alpha value is -7.43. The number of nitrogens with two attached hydrogens (primary N) is 1. The van der Waals surface area contributed by atoms with Gasteiger partial charge in [0.25, 0.3) is 11.1 Å². The molecule has 4 aliphatic rings. The first-order valence-electron chi connectivity index (χ1n) is 24.8. The van der Waals surface area contributed by atoms with E-state index in [1.165, 1.54) is 27.5 Å². The largest absolute Gasteiger partial charge is 0.519 e. The standard InChI is InChI=1S/C23H31N5O5.C18H23N5O3.C10H18O5/c1-23(2,3)33-22(32)27-17-5-4-10-28(21(17)31)18(11-14-6-7-14)20(30)26-16(13-24)12-15-8-9-25-19(15)29;19-10-13(9-12-5-6-21-16(12)24)22-17(25)15(8-11-3-4-11)23-7-1-2-14(20)18(23)26;1-9(2,3)14-7(11)13-8(12)15-10(4,5)6/h4-5,10,14-16,18H,6-9,11-12H2,1-3H3,(H,25,29)(H,26,30)(H,27,32);1-2,7,11-13,15H,3-6,8-9,20H2,(H,21,24)(H,22,25);1-6H3/t15-,16-,18-;12-,13-,15?;/m00./s1. The Morgan fingerprint density at radius 2 is 1.04 bits per heavy atom. The number of carbonyl (C=O) groups excluding carboxylic acids is 7. The van der Waals surface area contributed by atoms with Gasteiger partial charge in [0.05, 0.1) is 17.8 Å². The normalized spacial score (nSPS) is 18.7. The van der Waals surface area contributed by atoms with Crippen LogP contribution in [0.4, 0.5) is 25.8 Å². The van der Waals surface area contributed by atoms with Gasteiger partial charge in [0.2, 0.25) is 23.6 Å². The molecule has 6 rings (SSSR count). The first-order valence-corrected chi connectivity index (χ1v) is 24.8. The lowest BCUT2D eigenvalue weighted by atomic mass is 9.98. The summed E-state index contributed by atoms with van der Waals surface area (Å²) < 4.78 is 21.6. The summed E-state index contributed by atoms with van der Waals surface area (Å²) >= 11 is 0. The number of amides is 5. The van der Waals surface area contributed by atoms with Gasteiger partial charge in [-0.15, -0.1) is 0 Å². The van der Waals surface area contributed by atoms with Gasteiger partial charge in [-0.1, -0.05) is 25.7 Å². The quantitative estimate of drug-likeness (QED) is 0.0753. The summed E-state index contributed by atoms with van der Waals surface area (Å²) in [7, 11) is 0. The van der Waals surface area contributed by atoms with Crippen LogP contribution in [0.2, 0.25) is 0 Å². The van der Waals surface area contributed by atoms with E-state index in [-0.39, 0.29) is 53.8 Å². The van der Waals surface area contributed by atoms with Gasteiger partial charge in [-0.05, 0) is 137 Å². The Morgan fingerprint density at radius 3 is 1.41 bits per heavy atom.